The first-order valence-electron chi connectivity index (χ1n) is 10.3. The second-order valence-corrected chi connectivity index (χ2v) is 10.4. The Balaban J connectivity index is 1.81. The predicted octanol–water partition coefficient (Wildman–Crippen LogP) is 4.84. The summed E-state index contributed by atoms with van der Waals surface area (Å²) in [6.07, 6.45) is 7.93. The van der Waals surface area contributed by atoms with Gasteiger partial charge in [0, 0.05) is 12.1 Å². The molecule has 0 radical (unpaired) electrons. The van der Waals surface area contributed by atoms with Gasteiger partial charge >= 0.3 is 0 Å². The number of piperidine rings is 2. The van der Waals surface area contributed by atoms with Crippen molar-refractivity contribution in [2.75, 3.05) is 0 Å². The van der Waals surface area contributed by atoms with Gasteiger partial charge in [-0.05, 0) is 78.5 Å². The van der Waals surface area contributed by atoms with Crippen molar-refractivity contribution in [2.24, 2.45) is 0 Å². The Morgan fingerprint density at radius 2 is 1.40 bits per heavy atom. The molecule has 4 rings (SSSR count). The third-order valence-corrected chi connectivity index (χ3v) is 7.44. The molecule has 1 aromatic rings. The summed E-state index contributed by atoms with van der Waals surface area (Å²) in [5, 5.41) is 15.4. The standard InChI is InChI=1S/C23H35NO/c1-15-11-19-20(22(4,5)10-9-21(19,2)3)12-18(15)23(25)13-16-7-6-8-17(14-23)24-16/h11-12,16-17,24-25H,6-10,13-14H2,1-5H3. The number of hydrogen-bond donors (Lipinski definition) is 2. The Hall–Kier alpha value is -0.860. The zero-order valence-electron chi connectivity index (χ0n) is 16.7. The van der Waals surface area contributed by atoms with Gasteiger partial charge in [-0.25, -0.2) is 0 Å². The maximum absolute atomic E-state index is 11.7. The van der Waals surface area contributed by atoms with E-state index in [1.165, 1.54) is 54.4 Å². The molecule has 2 fully saturated rings. The average molecular weight is 342 g/mol. The summed E-state index contributed by atoms with van der Waals surface area (Å²) >= 11 is 0. The van der Waals surface area contributed by atoms with Crippen LogP contribution in [-0.2, 0) is 16.4 Å². The lowest BCUT2D eigenvalue weighted by Crippen LogP contribution is -2.54. The van der Waals surface area contributed by atoms with E-state index in [9.17, 15) is 5.11 Å². The van der Waals surface area contributed by atoms with Crippen LogP contribution in [0.15, 0.2) is 12.1 Å². The van der Waals surface area contributed by atoms with Crippen molar-refractivity contribution in [3.8, 4) is 0 Å². The van der Waals surface area contributed by atoms with Crippen molar-refractivity contribution < 1.29 is 5.11 Å². The highest BCUT2D eigenvalue weighted by atomic mass is 16.3. The number of hydrogen-bond acceptors (Lipinski definition) is 2. The van der Waals surface area contributed by atoms with Gasteiger partial charge in [-0.2, -0.15) is 0 Å². The van der Waals surface area contributed by atoms with Gasteiger partial charge in [-0.15, -0.1) is 0 Å². The average Bonchev–Trinajstić information content (AvgIpc) is 2.51. The van der Waals surface area contributed by atoms with E-state index in [-0.39, 0.29) is 10.8 Å². The van der Waals surface area contributed by atoms with Crippen molar-refractivity contribution in [3.63, 3.8) is 0 Å². The van der Waals surface area contributed by atoms with Crippen molar-refractivity contribution in [2.45, 2.75) is 108 Å². The molecule has 1 aromatic carbocycles. The van der Waals surface area contributed by atoms with E-state index in [2.05, 4.69) is 52.1 Å². The second-order valence-electron chi connectivity index (χ2n) is 10.4. The quantitative estimate of drug-likeness (QED) is 0.766. The fourth-order valence-electron chi connectivity index (χ4n) is 5.77. The Kier molecular flexibility index (Phi) is 3.91. The first kappa shape index (κ1) is 17.5. The lowest BCUT2D eigenvalue weighted by Gasteiger charge is -2.47. The van der Waals surface area contributed by atoms with E-state index in [1.807, 2.05) is 0 Å². The van der Waals surface area contributed by atoms with Gasteiger partial charge in [0.1, 0.15) is 0 Å². The largest absolute Gasteiger partial charge is 0.385 e. The number of aryl methyl sites for hydroxylation is 1. The van der Waals surface area contributed by atoms with E-state index >= 15 is 0 Å². The molecule has 2 bridgehead atoms. The van der Waals surface area contributed by atoms with Gasteiger partial charge in [-0.1, -0.05) is 46.2 Å². The molecule has 2 saturated heterocycles. The summed E-state index contributed by atoms with van der Waals surface area (Å²) in [7, 11) is 0. The fraction of sp³-hybridized carbons (Fsp3) is 0.739. The first-order chi connectivity index (χ1) is 11.6. The van der Waals surface area contributed by atoms with Crippen molar-refractivity contribution in [3.05, 3.63) is 34.4 Å². The molecule has 3 aliphatic rings. The van der Waals surface area contributed by atoms with Crippen LogP contribution in [0.25, 0.3) is 0 Å². The van der Waals surface area contributed by atoms with Gasteiger partial charge in [0.25, 0.3) is 0 Å². The van der Waals surface area contributed by atoms with Crippen LogP contribution in [0.1, 0.15) is 94.9 Å². The number of aliphatic hydroxyl groups is 1. The SMILES string of the molecule is Cc1cc2c(cc1C1(O)CC3CCCC(C1)N3)C(C)(C)CCC2(C)C. The zero-order chi connectivity index (χ0) is 18.0. The molecule has 2 atom stereocenters. The first-order valence-corrected chi connectivity index (χ1v) is 10.3. The van der Waals surface area contributed by atoms with Crippen LogP contribution in [-0.4, -0.2) is 17.2 Å². The molecule has 2 aliphatic heterocycles. The maximum Gasteiger partial charge on any atom is 0.0928 e. The second kappa shape index (κ2) is 5.57. The Morgan fingerprint density at radius 1 is 0.880 bits per heavy atom. The minimum atomic E-state index is -0.655. The number of fused-ring (bicyclic) bond motifs is 3. The van der Waals surface area contributed by atoms with Crippen LogP contribution in [0, 0.1) is 6.92 Å². The Bertz CT molecular complexity index is 676. The molecular weight excluding hydrogens is 306 g/mol. The monoisotopic (exact) mass is 341 g/mol. The number of benzene rings is 1. The lowest BCUT2D eigenvalue weighted by molar-refractivity contribution is -0.0364. The molecule has 2 unspecified atom stereocenters. The maximum atomic E-state index is 11.7. The highest BCUT2D eigenvalue weighted by Gasteiger charge is 2.44. The van der Waals surface area contributed by atoms with Gasteiger partial charge in [0.15, 0.2) is 0 Å². The van der Waals surface area contributed by atoms with Gasteiger partial charge in [0.05, 0.1) is 5.60 Å². The highest BCUT2D eigenvalue weighted by molar-refractivity contribution is 5.49. The predicted molar refractivity (Wildman–Crippen MR) is 104 cm³/mol. The Labute approximate surface area is 153 Å². The summed E-state index contributed by atoms with van der Waals surface area (Å²) < 4.78 is 0. The van der Waals surface area contributed by atoms with Crippen LogP contribution in [0.3, 0.4) is 0 Å². The molecule has 0 spiro atoms. The van der Waals surface area contributed by atoms with E-state index in [0.717, 1.165) is 12.8 Å². The van der Waals surface area contributed by atoms with Crippen molar-refractivity contribution >= 4 is 0 Å². The molecule has 0 amide bonds. The lowest BCUT2D eigenvalue weighted by atomic mass is 9.61. The smallest absolute Gasteiger partial charge is 0.0928 e. The van der Waals surface area contributed by atoms with Crippen LogP contribution in [0.4, 0.5) is 0 Å². The van der Waals surface area contributed by atoms with E-state index in [1.54, 1.807) is 0 Å². The minimum absolute atomic E-state index is 0.201. The van der Waals surface area contributed by atoms with E-state index in [4.69, 9.17) is 0 Å². The summed E-state index contributed by atoms with van der Waals surface area (Å²) in [6.45, 7) is 11.7. The third-order valence-electron chi connectivity index (χ3n) is 7.44. The van der Waals surface area contributed by atoms with Gasteiger partial charge in [0.2, 0.25) is 0 Å². The zero-order valence-corrected chi connectivity index (χ0v) is 16.7. The highest BCUT2D eigenvalue weighted by Crippen LogP contribution is 2.49. The molecule has 2 heteroatoms. The summed E-state index contributed by atoms with van der Waals surface area (Å²) in [5.41, 5.74) is 5.25. The molecule has 2 nitrogen and oxygen atoms in total. The van der Waals surface area contributed by atoms with E-state index < -0.39 is 5.60 Å². The van der Waals surface area contributed by atoms with Crippen LogP contribution < -0.4 is 5.32 Å². The minimum Gasteiger partial charge on any atom is -0.385 e. The van der Waals surface area contributed by atoms with Crippen LogP contribution >= 0.6 is 0 Å². The van der Waals surface area contributed by atoms with Gasteiger partial charge < -0.3 is 10.4 Å². The molecule has 138 valence electrons. The third kappa shape index (κ3) is 2.86. The molecule has 1 aliphatic carbocycles. The normalized spacial score (nSPS) is 35.9. The van der Waals surface area contributed by atoms with Crippen LogP contribution in [0.2, 0.25) is 0 Å². The topological polar surface area (TPSA) is 32.3 Å². The molecule has 0 saturated carbocycles. The molecule has 25 heavy (non-hydrogen) atoms. The van der Waals surface area contributed by atoms with Crippen molar-refractivity contribution in [1.82, 2.24) is 5.32 Å². The summed E-state index contributed by atoms with van der Waals surface area (Å²) in [4.78, 5) is 0. The fourth-order valence-corrected chi connectivity index (χ4v) is 5.77. The molecular formula is C23H35NO. The van der Waals surface area contributed by atoms with Gasteiger partial charge in [-0.3, -0.25) is 0 Å². The summed E-state index contributed by atoms with van der Waals surface area (Å²) in [5.74, 6) is 0. The molecule has 2 N–H and O–H groups in total. The molecule has 0 aromatic heterocycles. The Morgan fingerprint density at radius 3 is 1.96 bits per heavy atom. The number of rotatable bonds is 1. The van der Waals surface area contributed by atoms with Crippen molar-refractivity contribution in [1.29, 1.82) is 0 Å². The summed E-state index contributed by atoms with van der Waals surface area (Å²) in [6, 6.07) is 5.77. The van der Waals surface area contributed by atoms with Crippen LogP contribution in [0.5, 0.6) is 0 Å². The molecule has 2 heterocycles. The number of nitrogens with one attached hydrogen (secondary N) is 1. The van der Waals surface area contributed by atoms with E-state index in [0.29, 0.717) is 12.1 Å².